The van der Waals surface area contributed by atoms with Gasteiger partial charge in [-0.25, -0.2) is 12.8 Å². The summed E-state index contributed by atoms with van der Waals surface area (Å²) >= 11 is 0. The minimum atomic E-state index is -3.43. The van der Waals surface area contributed by atoms with Crippen LogP contribution in [0.1, 0.15) is 0 Å². The summed E-state index contributed by atoms with van der Waals surface area (Å²) in [5.41, 5.74) is 0.322. The van der Waals surface area contributed by atoms with Gasteiger partial charge >= 0.3 is 0 Å². The Morgan fingerprint density at radius 3 is 2.93 bits per heavy atom. The van der Waals surface area contributed by atoms with Crippen molar-refractivity contribution >= 4 is 15.7 Å². The maximum Gasteiger partial charge on any atom is 0.246 e. The number of hydrogen-bond acceptors (Lipinski definition) is 3. The predicted octanol–water partition coefficient (Wildman–Crippen LogP) is 0.829. The van der Waals surface area contributed by atoms with E-state index < -0.39 is 15.8 Å². The summed E-state index contributed by atoms with van der Waals surface area (Å²) in [6.07, 6.45) is 0. The van der Waals surface area contributed by atoms with Crippen LogP contribution in [0.5, 0.6) is 0 Å². The molecule has 1 aromatic rings. The normalized spacial score (nSPS) is 19.9. The van der Waals surface area contributed by atoms with Crippen LogP contribution in [0.2, 0.25) is 0 Å². The topological polar surface area (TPSA) is 49.4 Å². The number of benzene rings is 1. The van der Waals surface area contributed by atoms with Crippen LogP contribution in [0, 0.1) is 5.82 Å². The quantitative estimate of drug-likeness (QED) is 0.698. The van der Waals surface area contributed by atoms with Crippen LogP contribution >= 0.6 is 0 Å². The minimum Gasteiger partial charge on any atom is -0.370 e. The van der Waals surface area contributed by atoms with Crippen LogP contribution in [0.4, 0.5) is 10.1 Å². The van der Waals surface area contributed by atoms with E-state index in [0.717, 1.165) is 6.07 Å². The van der Waals surface area contributed by atoms with Gasteiger partial charge in [-0.05, 0) is 18.2 Å². The van der Waals surface area contributed by atoms with Crippen molar-refractivity contribution < 1.29 is 12.8 Å². The third-order valence-electron chi connectivity index (χ3n) is 2.12. The van der Waals surface area contributed by atoms with E-state index in [1.54, 1.807) is 0 Å². The van der Waals surface area contributed by atoms with E-state index in [2.05, 4.69) is 5.32 Å². The Morgan fingerprint density at radius 1 is 1.50 bits per heavy atom. The molecular weight excluding hydrogens is 207 g/mol. The molecular formula is C8H9FN2O2S. The third kappa shape index (κ3) is 1.27. The average molecular weight is 216 g/mol. The molecule has 0 saturated carbocycles. The van der Waals surface area contributed by atoms with Gasteiger partial charge in [-0.3, -0.25) is 0 Å². The maximum atomic E-state index is 12.8. The highest BCUT2D eigenvalue weighted by molar-refractivity contribution is 7.89. The third-order valence-corrected chi connectivity index (χ3v) is 3.98. The molecule has 0 fully saturated rings. The number of halogens is 1. The van der Waals surface area contributed by atoms with Crippen molar-refractivity contribution in [3.05, 3.63) is 24.0 Å². The number of nitrogens with zero attached hydrogens (tertiary/aromatic N) is 1. The first-order valence-electron chi connectivity index (χ1n) is 4.01. The molecule has 0 aromatic heterocycles. The first kappa shape index (κ1) is 9.42. The average Bonchev–Trinajstić information content (AvgIpc) is 2.12. The van der Waals surface area contributed by atoms with Crippen LogP contribution in [0.25, 0.3) is 0 Å². The standard InChI is InChI=1S/C8H9FN2O2S/c1-11-5-10-7-4-6(9)2-3-8(7)14(11,12)13/h2-4,10H,5H2,1H3. The lowest BCUT2D eigenvalue weighted by Crippen LogP contribution is -2.36. The highest BCUT2D eigenvalue weighted by Crippen LogP contribution is 2.28. The molecule has 0 saturated heterocycles. The summed E-state index contributed by atoms with van der Waals surface area (Å²) in [5, 5.41) is 2.82. The molecule has 0 aliphatic carbocycles. The Bertz CT molecular complexity index is 472. The van der Waals surface area contributed by atoms with Gasteiger partial charge in [0.25, 0.3) is 0 Å². The van der Waals surface area contributed by atoms with Gasteiger partial charge in [0.1, 0.15) is 10.7 Å². The van der Waals surface area contributed by atoms with Crippen LogP contribution in [-0.2, 0) is 10.0 Å². The summed E-state index contributed by atoms with van der Waals surface area (Å²) in [5.74, 6) is -0.448. The van der Waals surface area contributed by atoms with Crippen molar-refractivity contribution in [2.24, 2.45) is 0 Å². The largest absolute Gasteiger partial charge is 0.370 e. The summed E-state index contributed by atoms with van der Waals surface area (Å²) in [6, 6.07) is 3.58. The van der Waals surface area contributed by atoms with Crippen LogP contribution < -0.4 is 5.32 Å². The van der Waals surface area contributed by atoms with Crippen molar-refractivity contribution in [2.75, 3.05) is 19.0 Å². The van der Waals surface area contributed by atoms with Crippen molar-refractivity contribution in [3.8, 4) is 0 Å². The maximum absolute atomic E-state index is 12.8. The van der Waals surface area contributed by atoms with Crippen LogP contribution in [0.3, 0.4) is 0 Å². The Kier molecular flexibility index (Phi) is 1.97. The van der Waals surface area contributed by atoms with E-state index in [1.807, 2.05) is 0 Å². The molecule has 76 valence electrons. The molecule has 1 aromatic carbocycles. The Labute approximate surface area is 81.4 Å². The van der Waals surface area contributed by atoms with Crippen LogP contribution in [0.15, 0.2) is 23.1 Å². The molecule has 1 aliphatic rings. The smallest absolute Gasteiger partial charge is 0.246 e. The van der Waals surface area contributed by atoms with Gasteiger partial charge in [0.05, 0.1) is 12.4 Å². The molecule has 1 heterocycles. The molecule has 2 rings (SSSR count). The van der Waals surface area contributed by atoms with Crippen molar-refractivity contribution in [2.45, 2.75) is 4.90 Å². The SMILES string of the molecule is CN1CNc2cc(F)ccc2S1(=O)=O. The second-order valence-corrected chi connectivity index (χ2v) is 5.09. The lowest BCUT2D eigenvalue weighted by Gasteiger charge is -2.25. The van der Waals surface area contributed by atoms with Gasteiger partial charge < -0.3 is 5.32 Å². The van der Waals surface area contributed by atoms with E-state index in [1.165, 1.54) is 23.5 Å². The molecule has 1 N–H and O–H groups in total. The zero-order valence-electron chi connectivity index (χ0n) is 7.49. The second-order valence-electron chi connectivity index (χ2n) is 3.08. The van der Waals surface area contributed by atoms with Gasteiger partial charge in [-0.2, -0.15) is 4.31 Å². The lowest BCUT2D eigenvalue weighted by molar-refractivity contribution is 0.481. The fourth-order valence-corrected chi connectivity index (χ4v) is 2.53. The summed E-state index contributed by atoms with van der Waals surface area (Å²) in [4.78, 5) is 0.118. The molecule has 0 atom stereocenters. The van der Waals surface area contributed by atoms with Crippen molar-refractivity contribution in [3.63, 3.8) is 0 Å². The fraction of sp³-hybridized carbons (Fsp3) is 0.250. The van der Waals surface area contributed by atoms with E-state index >= 15 is 0 Å². The van der Waals surface area contributed by atoms with E-state index in [4.69, 9.17) is 0 Å². The molecule has 4 nitrogen and oxygen atoms in total. The molecule has 1 aliphatic heterocycles. The monoisotopic (exact) mass is 216 g/mol. The fourth-order valence-electron chi connectivity index (χ4n) is 1.31. The Balaban J connectivity index is 2.65. The van der Waals surface area contributed by atoms with Crippen molar-refractivity contribution in [1.29, 1.82) is 0 Å². The Hall–Kier alpha value is -1.14. The summed E-state index contributed by atoms with van der Waals surface area (Å²) in [6.45, 7) is 0.165. The zero-order valence-corrected chi connectivity index (χ0v) is 8.31. The van der Waals surface area contributed by atoms with E-state index in [0.29, 0.717) is 5.69 Å². The number of sulfonamides is 1. The van der Waals surface area contributed by atoms with Crippen LogP contribution in [-0.4, -0.2) is 26.4 Å². The number of anilines is 1. The minimum absolute atomic E-state index is 0.118. The molecule has 0 amide bonds. The van der Waals surface area contributed by atoms with Gasteiger partial charge in [0, 0.05) is 7.05 Å². The van der Waals surface area contributed by atoms with Gasteiger partial charge in [-0.1, -0.05) is 0 Å². The molecule has 0 bridgehead atoms. The van der Waals surface area contributed by atoms with E-state index in [9.17, 15) is 12.8 Å². The molecule has 0 spiro atoms. The number of rotatable bonds is 0. The number of nitrogens with one attached hydrogen (secondary N) is 1. The highest BCUT2D eigenvalue weighted by Gasteiger charge is 2.28. The summed E-state index contributed by atoms with van der Waals surface area (Å²) in [7, 11) is -1.97. The molecule has 14 heavy (non-hydrogen) atoms. The highest BCUT2D eigenvalue weighted by atomic mass is 32.2. The van der Waals surface area contributed by atoms with Gasteiger partial charge in [-0.15, -0.1) is 0 Å². The first-order chi connectivity index (χ1) is 6.51. The van der Waals surface area contributed by atoms with E-state index in [-0.39, 0.29) is 11.6 Å². The molecule has 6 heteroatoms. The van der Waals surface area contributed by atoms with Crippen molar-refractivity contribution in [1.82, 2.24) is 4.31 Å². The first-order valence-corrected chi connectivity index (χ1v) is 5.45. The zero-order chi connectivity index (χ0) is 10.3. The molecule has 0 unspecified atom stereocenters. The predicted molar refractivity (Wildman–Crippen MR) is 49.8 cm³/mol. The lowest BCUT2D eigenvalue weighted by atomic mass is 10.3. The van der Waals surface area contributed by atoms with Gasteiger partial charge in [0.2, 0.25) is 10.0 Å². The summed E-state index contributed by atoms with van der Waals surface area (Å²) < 4.78 is 37.3. The number of fused-ring (bicyclic) bond motifs is 1. The molecule has 0 radical (unpaired) electrons. The number of hydrogen-bond donors (Lipinski definition) is 1. The Morgan fingerprint density at radius 2 is 2.21 bits per heavy atom. The van der Waals surface area contributed by atoms with Gasteiger partial charge in [0.15, 0.2) is 0 Å². The second kappa shape index (κ2) is 2.93.